The van der Waals surface area contributed by atoms with Crippen LogP contribution < -0.4 is 10.9 Å². The van der Waals surface area contributed by atoms with E-state index < -0.39 is 0 Å². The van der Waals surface area contributed by atoms with Crippen LogP contribution in [0.5, 0.6) is 0 Å². The third kappa shape index (κ3) is 1.35. The molecule has 2 N–H and O–H groups in total. The molecule has 0 aromatic carbocycles. The second-order valence-corrected chi connectivity index (χ2v) is 3.68. The second kappa shape index (κ2) is 3.30. The van der Waals surface area contributed by atoms with E-state index in [2.05, 4.69) is 29.6 Å². The number of nitrogens with one attached hydrogen (secondary N) is 2. The van der Waals surface area contributed by atoms with Crippen molar-refractivity contribution in [2.45, 2.75) is 32.1 Å². The van der Waals surface area contributed by atoms with E-state index in [1.54, 1.807) is 0 Å². The summed E-state index contributed by atoms with van der Waals surface area (Å²) in [5.74, 6) is 0. The Bertz CT molecular complexity index is 164. The molecule has 2 saturated heterocycles. The molecule has 0 amide bonds. The van der Waals surface area contributed by atoms with Crippen LogP contribution in [0.3, 0.4) is 0 Å². The third-order valence-electron chi connectivity index (χ3n) is 2.71. The lowest BCUT2D eigenvalue weighted by molar-refractivity contribution is -0.0668. The van der Waals surface area contributed by atoms with Gasteiger partial charge in [-0.25, -0.2) is 5.43 Å². The SMILES string of the molecule is C[C@@H]1COCCN1C1NN[C@@H]1C. The quantitative estimate of drug-likeness (QED) is 0.559. The molecule has 0 aromatic rings. The molecule has 2 rings (SSSR count). The third-order valence-corrected chi connectivity index (χ3v) is 2.71. The predicted molar refractivity (Wildman–Crippen MR) is 46.5 cm³/mol. The molecular formula is C8H17N3O. The smallest absolute Gasteiger partial charge is 0.0899 e. The number of hydrogen-bond donors (Lipinski definition) is 2. The second-order valence-electron chi connectivity index (χ2n) is 3.68. The first-order valence-corrected chi connectivity index (χ1v) is 4.63. The van der Waals surface area contributed by atoms with E-state index in [0.29, 0.717) is 18.2 Å². The highest BCUT2D eigenvalue weighted by Crippen LogP contribution is 2.14. The van der Waals surface area contributed by atoms with Gasteiger partial charge >= 0.3 is 0 Å². The zero-order valence-corrected chi connectivity index (χ0v) is 7.71. The molecule has 0 bridgehead atoms. The van der Waals surface area contributed by atoms with Gasteiger partial charge in [0.15, 0.2) is 0 Å². The molecule has 12 heavy (non-hydrogen) atoms. The van der Waals surface area contributed by atoms with E-state index >= 15 is 0 Å². The molecule has 4 heteroatoms. The number of hydrazine groups is 1. The van der Waals surface area contributed by atoms with E-state index in [1.165, 1.54) is 0 Å². The van der Waals surface area contributed by atoms with Crippen LogP contribution in [0.15, 0.2) is 0 Å². The Morgan fingerprint density at radius 1 is 1.33 bits per heavy atom. The van der Waals surface area contributed by atoms with Gasteiger partial charge in [-0.3, -0.25) is 10.3 Å². The van der Waals surface area contributed by atoms with Crippen molar-refractivity contribution in [3.05, 3.63) is 0 Å². The Labute approximate surface area is 73.2 Å². The van der Waals surface area contributed by atoms with Gasteiger partial charge in [0.1, 0.15) is 0 Å². The van der Waals surface area contributed by atoms with E-state index in [-0.39, 0.29) is 0 Å². The lowest BCUT2D eigenvalue weighted by Gasteiger charge is -2.48. The van der Waals surface area contributed by atoms with Crippen LogP contribution in [-0.4, -0.2) is 42.9 Å². The fourth-order valence-corrected chi connectivity index (χ4v) is 1.85. The van der Waals surface area contributed by atoms with Crippen molar-refractivity contribution < 1.29 is 4.74 Å². The minimum absolute atomic E-state index is 0.504. The maximum atomic E-state index is 5.38. The Morgan fingerprint density at radius 3 is 2.67 bits per heavy atom. The van der Waals surface area contributed by atoms with Crippen molar-refractivity contribution in [3.63, 3.8) is 0 Å². The highest BCUT2D eigenvalue weighted by atomic mass is 16.5. The maximum absolute atomic E-state index is 5.38. The van der Waals surface area contributed by atoms with Crippen LogP contribution in [0.4, 0.5) is 0 Å². The van der Waals surface area contributed by atoms with Gasteiger partial charge in [-0.1, -0.05) is 0 Å². The minimum atomic E-state index is 0.504. The maximum Gasteiger partial charge on any atom is 0.0899 e. The summed E-state index contributed by atoms with van der Waals surface area (Å²) < 4.78 is 5.38. The first kappa shape index (κ1) is 8.44. The molecule has 70 valence electrons. The van der Waals surface area contributed by atoms with E-state index in [9.17, 15) is 0 Å². The molecule has 0 saturated carbocycles. The summed E-state index contributed by atoms with van der Waals surface area (Å²) in [6, 6.07) is 1.10. The molecule has 0 aliphatic carbocycles. The molecule has 1 unspecified atom stereocenters. The highest BCUT2D eigenvalue weighted by Gasteiger charge is 2.35. The van der Waals surface area contributed by atoms with Gasteiger partial charge in [-0.05, 0) is 13.8 Å². The van der Waals surface area contributed by atoms with E-state index in [1.807, 2.05) is 0 Å². The van der Waals surface area contributed by atoms with Crippen molar-refractivity contribution in [2.75, 3.05) is 19.8 Å². The van der Waals surface area contributed by atoms with Crippen molar-refractivity contribution in [1.29, 1.82) is 0 Å². The van der Waals surface area contributed by atoms with Crippen molar-refractivity contribution in [2.24, 2.45) is 0 Å². The molecule has 0 radical (unpaired) electrons. The highest BCUT2D eigenvalue weighted by molar-refractivity contribution is 4.88. The Morgan fingerprint density at radius 2 is 2.17 bits per heavy atom. The Hall–Kier alpha value is -0.160. The summed E-state index contributed by atoms with van der Waals surface area (Å²) in [5, 5.41) is 0. The number of ether oxygens (including phenoxy) is 1. The molecule has 4 nitrogen and oxygen atoms in total. The summed E-state index contributed by atoms with van der Waals surface area (Å²) in [5.41, 5.74) is 6.36. The predicted octanol–water partition coefficient (Wildman–Crippen LogP) is -0.470. The minimum Gasteiger partial charge on any atom is -0.379 e. The number of hydrogen-bond acceptors (Lipinski definition) is 4. The zero-order valence-electron chi connectivity index (χ0n) is 7.71. The van der Waals surface area contributed by atoms with Gasteiger partial charge in [0.2, 0.25) is 0 Å². The summed E-state index contributed by atoms with van der Waals surface area (Å²) in [4.78, 5) is 2.46. The van der Waals surface area contributed by atoms with Gasteiger partial charge in [-0.15, -0.1) is 0 Å². The van der Waals surface area contributed by atoms with Crippen LogP contribution in [-0.2, 0) is 4.74 Å². The molecular weight excluding hydrogens is 154 g/mol. The Balaban J connectivity index is 1.92. The number of rotatable bonds is 1. The lowest BCUT2D eigenvalue weighted by atomic mass is 10.1. The summed E-state index contributed by atoms with van der Waals surface area (Å²) >= 11 is 0. The van der Waals surface area contributed by atoms with Gasteiger partial charge < -0.3 is 4.74 Å². The summed E-state index contributed by atoms with van der Waals surface area (Å²) in [7, 11) is 0. The van der Waals surface area contributed by atoms with Gasteiger partial charge in [0, 0.05) is 18.6 Å². The lowest BCUT2D eigenvalue weighted by Crippen LogP contribution is -2.74. The monoisotopic (exact) mass is 171 g/mol. The molecule has 0 spiro atoms. The van der Waals surface area contributed by atoms with Crippen LogP contribution in [0, 0.1) is 0 Å². The average Bonchev–Trinajstić information content (AvgIpc) is 2.06. The normalized spacial score (nSPS) is 44.0. The zero-order chi connectivity index (χ0) is 8.55. The van der Waals surface area contributed by atoms with Gasteiger partial charge in [0.25, 0.3) is 0 Å². The number of nitrogens with zero attached hydrogens (tertiary/aromatic N) is 1. The van der Waals surface area contributed by atoms with Crippen molar-refractivity contribution in [1.82, 2.24) is 15.8 Å². The standard InChI is InChI=1S/C8H17N3O/c1-6-5-12-4-3-11(6)8-7(2)9-10-8/h6-10H,3-5H2,1-2H3/t6-,7-,8?/m1/s1. The first-order valence-electron chi connectivity index (χ1n) is 4.63. The fourth-order valence-electron chi connectivity index (χ4n) is 1.85. The van der Waals surface area contributed by atoms with Crippen molar-refractivity contribution >= 4 is 0 Å². The largest absolute Gasteiger partial charge is 0.379 e. The van der Waals surface area contributed by atoms with Crippen LogP contribution in [0.25, 0.3) is 0 Å². The number of morpholine rings is 1. The van der Waals surface area contributed by atoms with Crippen LogP contribution >= 0.6 is 0 Å². The Kier molecular flexibility index (Phi) is 2.32. The van der Waals surface area contributed by atoms with E-state index in [0.717, 1.165) is 19.8 Å². The fraction of sp³-hybridized carbons (Fsp3) is 1.00. The van der Waals surface area contributed by atoms with Crippen LogP contribution in [0.1, 0.15) is 13.8 Å². The average molecular weight is 171 g/mol. The molecule has 3 atom stereocenters. The van der Waals surface area contributed by atoms with Gasteiger partial charge in [-0.2, -0.15) is 0 Å². The molecule has 0 aromatic heterocycles. The van der Waals surface area contributed by atoms with Gasteiger partial charge in [0.05, 0.1) is 19.4 Å². The molecule has 2 fully saturated rings. The van der Waals surface area contributed by atoms with E-state index in [4.69, 9.17) is 4.74 Å². The molecule has 2 aliphatic heterocycles. The van der Waals surface area contributed by atoms with Crippen molar-refractivity contribution in [3.8, 4) is 0 Å². The summed E-state index contributed by atoms with van der Waals surface area (Å²) in [6.45, 7) is 7.19. The first-order chi connectivity index (χ1) is 5.79. The molecule has 2 heterocycles. The molecule has 2 aliphatic rings. The topological polar surface area (TPSA) is 36.5 Å². The summed E-state index contributed by atoms with van der Waals surface area (Å²) in [6.07, 6.45) is 0.504. The van der Waals surface area contributed by atoms with Crippen LogP contribution in [0.2, 0.25) is 0 Å².